The summed E-state index contributed by atoms with van der Waals surface area (Å²) in [6.07, 6.45) is 3.02. The summed E-state index contributed by atoms with van der Waals surface area (Å²) in [5.74, 6) is 0.689. The lowest BCUT2D eigenvalue weighted by molar-refractivity contribution is 0.173. The van der Waals surface area contributed by atoms with Gasteiger partial charge in [0.15, 0.2) is 9.84 Å². The van der Waals surface area contributed by atoms with Crippen LogP contribution in [0.4, 0.5) is 0 Å². The lowest BCUT2D eigenvalue weighted by Gasteiger charge is -2.12. The third kappa shape index (κ3) is 3.89. The molecule has 7 heteroatoms. The Balaban J connectivity index is 2.20. The zero-order chi connectivity index (χ0) is 15.5. The van der Waals surface area contributed by atoms with Gasteiger partial charge in [-0.3, -0.25) is 4.68 Å². The lowest BCUT2D eigenvalue weighted by atomic mass is 10.1. The Kier molecular flexibility index (Phi) is 4.74. The minimum atomic E-state index is -3.28. The Hall–Kier alpha value is -1.73. The second-order valence-corrected chi connectivity index (χ2v) is 6.98. The molecular weight excluding hydrogens is 290 g/mol. The van der Waals surface area contributed by atoms with Crippen molar-refractivity contribution < 1.29 is 13.5 Å². The highest BCUT2D eigenvalue weighted by Crippen LogP contribution is 2.20. The molecule has 6 nitrogen and oxygen atoms in total. The van der Waals surface area contributed by atoms with Crippen LogP contribution < -0.4 is 0 Å². The third-order valence-corrected chi connectivity index (χ3v) is 4.29. The minimum Gasteiger partial charge on any atom is -0.388 e. The van der Waals surface area contributed by atoms with E-state index < -0.39 is 15.9 Å². The molecule has 0 amide bonds. The summed E-state index contributed by atoms with van der Waals surface area (Å²) >= 11 is 0. The maximum absolute atomic E-state index is 11.6. The summed E-state index contributed by atoms with van der Waals surface area (Å²) in [4.78, 5) is 4.35. The van der Waals surface area contributed by atoms with Crippen LogP contribution in [0.5, 0.6) is 0 Å². The number of hydrogen-bond acceptors (Lipinski definition) is 5. The van der Waals surface area contributed by atoms with Gasteiger partial charge in [0.2, 0.25) is 0 Å². The summed E-state index contributed by atoms with van der Waals surface area (Å²) in [5, 5.41) is 14.4. The van der Waals surface area contributed by atoms with Gasteiger partial charge in [0, 0.05) is 19.2 Å². The first-order chi connectivity index (χ1) is 9.91. The van der Waals surface area contributed by atoms with E-state index >= 15 is 0 Å². The first-order valence-corrected chi connectivity index (χ1v) is 8.65. The summed E-state index contributed by atoms with van der Waals surface area (Å²) in [6.45, 7) is 2.78. The fourth-order valence-electron chi connectivity index (χ4n) is 2.09. The second-order valence-electron chi connectivity index (χ2n) is 4.96. The van der Waals surface area contributed by atoms with Crippen LogP contribution in [0.2, 0.25) is 0 Å². The van der Waals surface area contributed by atoms with Gasteiger partial charge in [0.05, 0.1) is 11.0 Å². The van der Waals surface area contributed by atoms with Crippen molar-refractivity contribution in [2.75, 3.05) is 6.26 Å². The minimum absolute atomic E-state index is 0.203. The highest BCUT2D eigenvalue weighted by atomic mass is 32.2. The molecule has 0 spiro atoms. The number of aryl methyl sites for hydroxylation is 1. The van der Waals surface area contributed by atoms with Crippen LogP contribution >= 0.6 is 0 Å². The van der Waals surface area contributed by atoms with E-state index in [2.05, 4.69) is 10.1 Å². The molecule has 0 aliphatic heterocycles. The summed E-state index contributed by atoms with van der Waals surface area (Å²) in [5.41, 5.74) is 0.559. The predicted molar refractivity (Wildman–Crippen MR) is 78.5 cm³/mol. The first kappa shape index (κ1) is 15.7. The van der Waals surface area contributed by atoms with Crippen LogP contribution in [0, 0.1) is 0 Å². The SMILES string of the molecule is CCCn1ncnc1CC(O)c1cccc(S(C)(=O)=O)c1. The van der Waals surface area contributed by atoms with Crippen LogP contribution in [-0.2, 0) is 22.8 Å². The Labute approximate surface area is 124 Å². The highest BCUT2D eigenvalue weighted by molar-refractivity contribution is 7.90. The van der Waals surface area contributed by atoms with E-state index in [4.69, 9.17) is 0 Å². The molecule has 2 aromatic rings. The molecule has 2 rings (SSSR count). The van der Waals surface area contributed by atoms with Gasteiger partial charge in [0.25, 0.3) is 0 Å². The summed E-state index contributed by atoms with van der Waals surface area (Å²) in [7, 11) is -3.28. The fraction of sp³-hybridized carbons (Fsp3) is 0.429. The van der Waals surface area contributed by atoms with E-state index in [1.807, 2.05) is 6.92 Å². The number of nitrogens with zero attached hydrogens (tertiary/aromatic N) is 3. The van der Waals surface area contributed by atoms with Crippen molar-refractivity contribution in [1.29, 1.82) is 0 Å². The number of benzene rings is 1. The van der Waals surface area contributed by atoms with E-state index in [0.29, 0.717) is 17.8 Å². The normalized spacial score (nSPS) is 13.3. The summed E-state index contributed by atoms with van der Waals surface area (Å²) in [6, 6.07) is 6.36. The molecule has 0 bridgehead atoms. The standard InChI is InChI=1S/C14H19N3O3S/c1-3-7-17-14(15-10-16-17)9-13(18)11-5-4-6-12(8-11)21(2,19)20/h4-6,8,10,13,18H,3,7,9H2,1-2H3. The topological polar surface area (TPSA) is 85.1 Å². The third-order valence-electron chi connectivity index (χ3n) is 3.18. The molecule has 1 aromatic heterocycles. The molecule has 114 valence electrons. The average molecular weight is 309 g/mol. The molecule has 1 N–H and O–H groups in total. The van der Waals surface area contributed by atoms with Crippen molar-refractivity contribution in [3.63, 3.8) is 0 Å². The molecule has 0 aliphatic rings. The number of aliphatic hydroxyl groups excluding tert-OH is 1. The molecule has 21 heavy (non-hydrogen) atoms. The molecule has 0 radical (unpaired) electrons. The van der Waals surface area contributed by atoms with E-state index in [0.717, 1.165) is 19.2 Å². The number of hydrogen-bond donors (Lipinski definition) is 1. The van der Waals surface area contributed by atoms with Crippen LogP contribution in [-0.4, -0.2) is 34.5 Å². The van der Waals surface area contributed by atoms with Gasteiger partial charge < -0.3 is 5.11 Å². The molecule has 1 aromatic carbocycles. The molecule has 1 unspecified atom stereocenters. The number of aliphatic hydroxyl groups is 1. The van der Waals surface area contributed by atoms with Gasteiger partial charge in [-0.2, -0.15) is 5.10 Å². The Bertz CT molecular complexity index is 710. The monoisotopic (exact) mass is 309 g/mol. The molecule has 0 aliphatic carbocycles. The van der Waals surface area contributed by atoms with E-state index in [1.54, 1.807) is 16.8 Å². The van der Waals surface area contributed by atoms with E-state index in [-0.39, 0.29) is 4.90 Å². The van der Waals surface area contributed by atoms with Crippen LogP contribution in [0.3, 0.4) is 0 Å². The van der Waals surface area contributed by atoms with Gasteiger partial charge >= 0.3 is 0 Å². The van der Waals surface area contributed by atoms with Crippen molar-refractivity contribution in [2.45, 2.75) is 37.3 Å². The molecule has 1 heterocycles. The smallest absolute Gasteiger partial charge is 0.175 e. The Morgan fingerprint density at radius 1 is 1.38 bits per heavy atom. The van der Waals surface area contributed by atoms with Crippen molar-refractivity contribution in [1.82, 2.24) is 14.8 Å². The average Bonchev–Trinajstić information content (AvgIpc) is 2.86. The molecule has 0 fully saturated rings. The maximum atomic E-state index is 11.6. The zero-order valence-electron chi connectivity index (χ0n) is 12.1. The first-order valence-electron chi connectivity index (χ1n) is 6.76. The van der Waals surface area contributed by atoms with Crippen LogP contribution in [0.1, 0.15) is 30.8 Å². The van der Waals surface area contributed by atoms with Gasteiger partial charge in [-0.1, -0.05) is 19.1 Å². The van der Waals surface area contributed by atoms with Crippen LogP contribution in [0.25, 0.3) is 0 Å². The van der Waals surface area contributed by atoms with Crippen molar-refractivity contribution in [3.8, 4) is 0 Å². The zero-order valence-corrected chi connectivity index (χ0v) is 12.9. The summed E-state index contributed by atoms with van der Waals surface area (Å²) < 4.78 is 24.9. The Morgan fingerprint density at radius 2 is 2.14 bits per heavy atom. The van der Waals surface area contributed by atoms with Gasteiger partial charge in [-0.25, -0.2) is 13.4 Å². The number of aromatic nitrogens is 3. The van der Waals surface area contributed by atoms with Crippen LogP contribution in [0.15, 0.2) is 35.5 Å². The van der Waals surface area contributed by atoms with E-state index in [9.17, 15) is 13.5 Å². The van der Waals surface area contributed by atoms with Gasteiger partial charge in [-0.15, -0.1) is 0 Å². The van der Waals surface area contributed by atoms with Crippen molar-refractivity contribution in [2.24, 2.45) is 0 Å². The number of rotatable bonds is 6. The molecule has 0 saturated heterocycles. The number of sulfone groups is 1. The van der Waals surface area contributed by atoms with Gasteiger partial charge in [-0.05, 0) is 24.1 Å². The Morgan fingerprint density at radius 3 is 2.81 bits per heavy atom. The maximum Gasteiger partial charge on any atom is 0.175 e. The molecule has 1 atom stereocenters. The highest BCUT2D eigenvalue weighted by Gasteiger charge is 2.15. The fourth-order valence-corrected chi connectivity index (χ4v) is 2.76. The lowest BCUT2D eigenvalue weighted by Crippen LogP contribution is -2.11. The molecule has 0 saturated carbocycles. The largest absolute Gasteiger partial charge is 0.388 e. The molecular formula is C14H19N3O3S. The second kappa shape index (κ2) is 6.36. The quantitative estimate of drug-likeness (QED) is 0.871. The van der Waals surface area contributed by atoms with Crippen molar-refractivity contribution in [3.05, 3.63) is 42.0 Å². The van der Waals surface area contributed by atoms with Crippen molar-refractivity contribution >= 4 is 9.84 Å². The van der Waals surface area contributed by atoms with E-state index in [1.165, 1.54) is 18.5 Å². The predicted octanol–water partition coefficient (Wildman–Crippen LogP) is 1.37. The van der Waals surface area contributed by atoms with Gasteiger partial charge in [0.1, 0.15) is 12.2 Å².